The smallest absolute Gasteiger partial charge is 0.244 e. The van der Waals surface area contributed by atoms with E-state index < -0.39 is 0 Å². The number of carbonyl (C=O) groups excluding carboxylic acids is 1. The summed E-state index contributed by atoms with van der Waals surface area (Å²) in [7, 11) is 0. The number of nitrogens with one attached hydrogen (secondary N) is 1. The van der Waals surface area contributed by atoms with Crippen LogP contribution in [0.15, 0.2) is 65.8 Å². The molecule has 0 aromatic heterocycles. The minimum atomic E-state index is -0.200. The van der Waals surface area contributed by atoms with E-state index in [2.05, 4.69) is 10.5 Å². The normalized spacial score (nSPS) is 11.0. The van der Waals surface area contributed by atoms with Crippen molar-refractivity contribution in [2.75, 3.05) is 0 Å². The largest absolute Gasteiger partial charge is 0.507 e. The van der Waals surface area contributed by atoms with Gasteiger partial charge in [0, 0.05) is 5.56 Å². The van der Waals surface area contributed by atoms with Crippen molar-refractivity contribution >= 4 is 22.9 Å². The number of phenols is 1. The molecule has 0 radical (unpaired) electrons. The molecule has 0 aliphatic rings. The maximum atomic E-state index is 12.1. The van der Waals surface area contributed by atoms with Gasteiger partial charge in [0.05, 0.1) is 12.6 Å². The van der Waals surface area contributed by atoms with E-state index in [1.807, 2.05) is 55.5 Å². The molecule has 2 N–H and O–H groups in total. The van der Waals surface area contributed by atoms with Gasteiger partial charge < -0.3 is 5.11 Å². The van der Waals surface area contributed by atoms with Gasteiger partial charge in [0.1, 0.15) is 5.75 Å². The van der Waals surface area contributed by atoms with Crippen molar-refractivity contribution in [1.82, 2.24) is 5.43 Å². The number of hydrogen-bond donors (Lipinski definition) is 2. The van der Waals surface area contributed by atoms with Crippen LogP contribution in [0, 0.1) is 6.92 Å². The Bertz CT molecular complexity index is 911. The lowest BCUT2D eigenvalue weighted by molar-refractivity contribution is -0.120. The van der Waals surface area contributed by atoms with Crippen LogP contribution in [0.2, 0.25) is 0 Å². The van der Waals surface area contributed by atoms with Crippen LogP contribution in [-0.2, 0) is 11.2 Å². The fraction of sp³-hybridized carbons (Fsp3) is 0.100. The molecular weight excluding hydrogens is 300 g/mol. The third-order valence-corrected chi connectivity index (χ3v) is 3.81. The van der Waals surface area contributed by atoms with Gasteiger partial charge in [-0.3, -0.25) is 4.79 Å². The van der Waals surface area contributed by atoms with E-state index in [0.717, 1.165) is 21.9 Å². The number of hydrogen-bond acceptors (Lipinski definition) is 3. The fourth-order valence-electron chi connectivity index (χ4n) is 2.60. The molecular formula is C20H18N2O2. The fourth-order valence-corrected chi connectivity index (χ4v) is 2.60. The van der Waals surface area contributed by atoms with E-state index >= 15 is 0 Å². The van der Waals surface area contributed by atoms with Gasteiger partial charge in [-0.05, 0) is 41.0 Å². The summed E-state index contributed by atoms with van der Waals surface area (Å²) in [5, 5.41) is 15.9. The Morgan fingerprint density at radius 3 is 2.75 bits per heavy atom. The third kappa shape index (κ3) is 3.60. The zero-order chi connectivity index (χ0) is 16.9. The van der Waals surface area contributed by atoms with E-state index in [4.69, 9.17) is 0 Å². The highest BCUT2D eigenvalue weighted by atomic mass is 16.3. The first-order chi connectivity index (χ1) is 11.6. The van der Waals surface area contributed by atoms with E-state index in [-0.39, 0.29) is 18.1 Å². The first-order valence-corrected chi connectivity index (χ1v) is 7.71. The zero-order valence-corrected chi connectivity index (χ0v) is 13.4. The summed E-state index contributed by atoms with van der Waals surface area (Å²) in [4.78, 5) is 12.1. The lowest BCUT2D eigenvalue weighted by atomic mass is 10.0. The van der Waals surface area contributed by atoms with E-state index in [1.165, 1.54) is 6.21 Å². The molecule has 0 spiro atoms. The summed E-state index contributed by atoms with van der Waals surface area (Å²) >= 11 is 0. The molecule has 3 rings (SSSR count). The Balaban J connectivity index is 1.68. The molecule has 1 amide bonds. The Morgan fingerprint density at radius 2 is 1.92 bits per heavy atom. The number of hydrazone groups is 1. The number of amides is 1. The van der Waals surface area contributed by atoms with Crippen molar-refractivity contribution in [3.63, 3.8) is 0 Å². The van der Waals surface area contributed by atoms with Gasteiger partial charge in [-0.1, -0.05) is 48.5 Å². The number of phenolic OH excluding ortho intramolecular Hbond substituents is 1. The average molecular weight is 318 g/mol. The van der Waals surface area contributed by atoms with Crippen molar-refractivity contribution in [3.05, 3.63) is 77.4 Å². The maximum absolute atomic E-state index is 12.1. The summed E-state index contributed by atoms with van der Waals surface area (Å²) in [5.41, 5.74) is 4.99. The molecule has 3 aromatic carbocycles. The van der Waals surface area contributed by atoms with E-state index in [9.17, 15) is 9.90 Å². The summed E-state index contributed by atoms with van der Waals surface area (Å²) < 4.78 is 0. The molecule has 0 bridgehead atoms. The summed E-state index contributed by atoms with van der Waals surface area (Å²) in [6.07, 6.45) is 1.69. The topological polar surface area (TPSA) is 61.7 Å². The first-order valence-electron chi connectivity index (χ1n) is 7.71. The molecule has 4 heteroatoms. The Hall–Kier alpha value is -3.14. The van der Waals surface area contributed by atoms with Gasteiger partial charge in [-0.25, -0.2) is 5.43 Å². The number of carbonyl (C=O) groups is 1. The van der Waals surface area contributed by atoms with Crippen LogP contribution >= 0.6 is 0 Å². The number of aromatic hydroxyl groups is 1. The second-order valence-electron chi connectivity index (χ2n) is 5.67. The number of fused-ring (bicyclic) bond motifs is 1. The molecule has 120 valence electrons. The number of benzene rings is 3. The molecule has 24 heavy (non-hydrogen) atoms. The second-order valence-corrected chi connectivity index (χ2v) is 5.67. The quantitative estimate of drug-likeness (QED) is 0.571. The monoisotopic (exact) mass is 318 g/mol. The Kier molecular flexibility index (Phi) is 4.57. The highest BCUT2D eigenvalue weighted by Crippen LogP contribution is 2.19. The van der Waals surface area contributed by atoms with Crippen molar-refractivity contribution in [1.29, 1.82) is 0 Å². The number of nitrogens with zero attached hydrogens (tertiary/aromatic N) is 1. The van der Waals surface area contributed by atoms with Crippen molar-refractivity contribution in [3.8, 4) is 5.75 Å². The van der Waals surface area contributed by atoms with Gasteiger partial charge in [0.15, 0.2) is 0 Å². The second kappa shape index (κ2) is 6.96. The van der Waals surface area contributed by atoms with Crippen molar-refractivity contribution in [2.24, 2.45) is 5.10 Å². The molecule has 0 aliphatic heterocycles. The van der Waals surface area contributed by atoms with Crippen LogP contribution in [0.25, 0.3) is 10.8 Å². The van der Waals surface area contributed by atoms with Gasteiger partial charge in [-0.15, -0.1) is 0 Å². The number of aryl methyl sites for hydroxylation is 1. The summed E-state index contributed by atoms with van der Waals surface area (Å²) in [5.74, 6) is -0.0590. The summed E-state index contributed by atoms with van der Waals surface area (Å²) in [6, 6.07) is 19.2. The molecule has 0 aliphatic carbocycles. The van der Waals surface area contributed by atoms with E-state index in [0.29, 0.717) is 5.56 Å². The van der Waals surface area contributed by atoms with Gasteiger partial charge in [-0.2, -0.15) is 5.10 Å². The molecule has 0 fully saturated rings. The van der Waals surface area contributed by atoms with Crippen molar-refractivity contribution < 1.29 is 9.90 Å². The first kappa shape index (κ1) is 15.7. The molecule has 0 saturated carbocycles. The third-order valence-electron chi connectivity index (χ3n) is 3.81. The van der Waals surface area contributed by atoms with Gasteiger partial charge in [0.2, 0.25) is 5.91 Å². The lowest BCUT2D eigenvalue weighted by Crippen LogP contribution is -2.19. The standard InChI is InChI=1S/C20H18N2O2/c1-14-9-10-17(19(23)11-14)13-21-22-20(24)12-16-7-4-6-15-5-2-3-8-18(15)16/h2-11,13,23H,12H2,1H3,(H,22,24). The zero-order valence-electron chi connectivity index (χ0n) is 13.4. The minimum Gasteiger partial charge on any atom is -0.507 e. The Morgan fingerprint density at radius 1 is 1.12 bits per heavy atom. The predicted molar refractivity (Wildman–Crippen MR) is 96.2 cm³/mol. The molecule has 4 nitrogen and oxygen atoms in total. The SMILES string of the molecule is Cc1ccc(C=NNC(=O)Cc2cccc3ccccc23)c(O)c1. The van der Waals surface area contributed by atoms with Crippen molar-refractivity contribution in [2.45, 2.75) is 13.3 Å². The molecule has 0 unspecified atom stereocenters. The lowest BCUT2D eigenvalue weighted by Gasteiger charge is -2.05. The molecule has 0 atom stereocenters. The molecule has 0 saturated heterocycles. The van der Waals surface area contributed by atoms with Crippen LogP contribution < -0.4 is 5.43 Å². The predicted octanol–water partition coefficient (Wildman–Crippen LogP) is 3.55. The van der Waals surface area contributed by atoms with Gasteiger partial charge in [0.25, 0.3) is 0 Å². The maximum Gasteiger partial charge on any atom is 0.244 e. The minimum absolute atomic E-state index is 0.141. The van der Waals surface area contributed by atoms with Crippen LogP contribution in [0.1, 0.15) is 16.7 Å². The Labute approximate surface area is 140 Å². The highest BCUT2D eigenvalue weighted by molar-refractivity contribution is 5.91. The van der Waals surface area contributed by atoms with Crippen LogP contribution in [0.5, 0.6) is 5.75 Å². The average Bonchev–Trinajstić information content (AvgIpc) is 2.57. The molecule has 0 heterocycles. The van der Waals surface area contributed by atoms with Crippen LogP contribution in [0.4, 0.5) is 0 Å². The van der Waals surface area contributed by atoms with Crippen LogP contribution in [0.3, 0.4) is 0 Å². The number of rotatable bonds is 4. The van der Waals surface area contributed by atoms with Crippen LogP contribution in [-0.4, -0.2) is 17.2 Å². The van der Waals surface area contributed by atoms with Gasteiger partial charge >= 0.3 is 0 Å². The molecule has 3 aromatic rings. The summed E-state index contributed by atoms with van der Waals surface area (Å²) in [6.45, 7) is 1.90. The van der Waals surface area contributed by atoms with E-state index in [1.54, 1.807) is 12.1 Å². The highest BCUT2D eigenvalue weighted by Gasteiger charge is 2.06.